The van der Waals surface area contributed by atoms with Crippen LogP contribution in [0.3, 0.4) is 0 Å². The molecule has 4 rings (SSSR count). The van der Waals surface area contributed by atoms with Crippen molar-refractivity contribution < 1.29 is 9.21 Å². The van der Waals surface area contributed by atoms with Crippen LogP contribution < -0.4 is 0 Å². The number of rotatable bonds is 5. The molecule has 2 fully saturated rings. The number of hydrogen-bond acceptors (Lipinski definition) is 3. The van der Waals surface area contributed by atoms with E-state index in [9.17, 15) is 4.79 Å². The molecule has 0 spiro atoms. The zero-order valence-corrected chi connectivity index (χ0v) is 16.0. The molecule has 142 valence electrons. The van der Waals surface area contributed by atoms with Gasteiger partial charge in [0.05, 0.1) is 0 Å². The third-order valence-electron chi connectivity index (χ3n) is 5.66. The van der Waals surface area contributed by atoms with Crippen molar-refractivity contribution in [3.8, 4) is 0 Å². The van der Waals surface area contributed by atoms with Gasteiger partial charge in [0.15, 0.2) is 0 Å². The van der Waals surface area contributed by atoms with Crippen molar-refractivity contribution in [1.29, 1.82) is 0 Å². The maximum absolute atomic E-state index is 12.6. The Balaban J connectivity index is 1.29. The fraction of sp³-hybridized carbons (Fsp3) is 0.435. The van der Waals surface area contributed by atoms with Crippen LogP contribution in [0.5, 0.6) is 0 Å². The van der Waals surface area contributed by atoms with Gasteiger partial charge in [0.25, 0.3) is 0 Å². The van der Waals surface area contributed by atoms with Crippen LogP contribution in [0.2, 0.25) is 0 Å². The topological polar surface area (TPSA) is 36.7 Å². The highest BCUT2D eigenvalue weighted by atomic mass is 16.3. The van der Waals surface area contributed by atoms with Gasteiger partial charge in [-0.2, -0.15) is 0 Å². The Hall–Kier alpha value is -2.33. The van der Waals surface area contributed by atoms with Crippen molar-refractivity contribution in [3.05, 3.63) is 65.6 Å². The molecule has 2 aliphatic rings. The highest BCUT2D eigenvalue weighted by Crippen LogP contribution is 2.47. The molecule has 2 heterocycles. The predicted octanol–water partition coefficient (Wildman–Crippen LogP) is 4.15. The van der Waals surface area contributed by atoms with Crippen LogP contribution >= 0.6 is 0 Å². The number of hydrogen-bond donors (Lipinski definition) is 0. The van der Waals surface area contributed by atoms with Crippen molar-refractivity contribution in [2.45, 2.75) is 32.2 Å². The molecule has 0 N–H and O–H groups in total. The van der Waals surface area contributed by atoms with Gasteiger partial charge in [0.1, 0.15) is 11.5 Å². The summed E-state index contributed by atoms with van der Waals surface area (Å²) >= 11 is 0. The summed E-state index contributed by atoms with van der Waals surface area (Å²) in [6.07, 6.45) is 5.69. The molecule has 4 heteroatoms. The number of carbonyl (C=O) groups excluding carboxylic acids is 1. The first-order valence-electron chi connectivity index (χ1n) is 10.0. The summed E-state index contributed by atoms with van der Waals surface area (Å²) in [6, 6.07) is 14.5. The van der Waals surface area contributed by atoms with E-state index in [4.69, 9.17) is 4.42 Å². The van der Waals surface area contributed by atoms with Crippen LogP contribution in [-0.4, -0.2) is 41.9 Å². The SMILES string of the molecule is CC1CC1c1ccc(/C=C/C(=O)N2CCCN(Cc3ccccc3)CC2)o1. The molecule has 0 bridgehead atoms. The van der Waals surface area contributed by atoms with Gasteiger partial charge in [0.2, 0.25) is 5.91 Å². The average Bonchev–Trinajstić information content (AvgIpc) is 3.30. The fourth-order valence-corrected chi connectivity index (χ4v) is 3.83. The van der Waals surface area contributed by atoms with Crippen LogP contribution in [-0.2, 0) is 11.3 Å². The average molecular weight is 364 g/mol. The largest absolute Gasteiger partial charge is 0.461 e. The van der Waals surface area contributed by atoms with Crippen molar-refractivity contribution >= 4 is 12.0 Å². The standard InChI is InChI=1S/C23H28N2O2/c1-18-16-21(18)22-10-8-20(27-22)9-11-23(26)25-13-5-12-24(14-15-25)17-19-6-3-2-4-7-19/h2-4,6-11,18,21H,5,12-17H2,1H3/b11-9+. The molecule has 4 nitrogen and oxygen atoms in total. The molecule has 1 amide bonds. The van der Waals surface area contributed by atoms with Crippen LogP contribution in [0.15, 0.2) is 53.0 Å². The van der Waals surface area contributed by atoms with Crippen LogP contribution in [0.4, 0.5) is 0 Å². The smallest absolute Gasteiger partial charge is 0.246 e. The monoisotopic (exact) mass is 364 g/mol. The van der Waals surface area contributed by atoms with Gasteiger partial charge in [-0.1, -0.05) is 37.3 Å². The number of amides is 1. The molecule has 2 aromatic rings. The molecule has 1 saturated heterocycles. The third-order valence-corrected chi connectivity index (χ3v) is 5.66. The lowest BCUT2D eigenvalue weighted by atomic mass is 10.2. The molecule has 0 radical (unpaired) electrons. The normalized spacial score (nSPS) is 23.5. The lowest BCUT2D eigenvalue weighted by molar-refractivity contribution is -0.125. The molecule has 1 aromatic heterocycles. The van der Waals surface area contributed by atoms with Crippen molar-refractivity contribution in [1.82, 2.24) is 9.80 Å². The summed E-state index contributed by atoms with van der Waals surface area (Å²) in [7, 11) is 0. The fourth-order valence-electron chi connectivity index (χ4n) is 3.83. The van der Waals surface area contributed by atoms with Gasteiger partial charge in [-0.25, -0.2) is 0 Å². The summed E-state index contributed by atoms with van der Waals surface area (Å²) in [5.41, 5.74) is 1.33. The minimum absolute atomic E-state index is 0.0781. The quantitative estimate of drug-likeness (QED) is 0.748. The van der Waals surface area contributed by atoms with Crippen LogP contribution in [0, 0.1) is 5.92 Å². The molecular formula is C23H28N2O2. The molecular weight excluding hydrogens is 336 g/mol. The maximum Gasteiger partial charge on any atom is 0.246 e. The van der Waals surface area contributed by atoms with E-state index < -0.39 is 0 Å². The Morgan fingerprint density at radius 1 is 1.11 bits per heavy atom. The maximum atomic E-state index is 12.6. The van der Waals surface area contributed by atoms with E-state index in [1.54, 1.807) is 6.08 Å². The Morgan fingerprint density at radius 3 is 2.70 bits per heavy atom. The first-order valence-corrected chi connectivity index (χ1v) is 10.0. The van der Waals surface area contributed by atoms with E-state index >= 15 is 0 Å². The van der Waals surface area contributed by atoms with Crippen LogP contribution in [0.1, 0.15) is 42.8 Å². The lowest BCUT2D eigenvalue weighted by Crippen LogP contribution is -2.34. The summed E-state index contributed by atoms with van der Waals surface area (Å²) < 4.78 is 5.86. The first-order chi connectivity index (χ1) is 13.2. The molecule has 2 unspecified atom stereocenters. The first kappa shape index (κ1) is 18.1. The second-order valence-electron chi connectivity index (χ2n) is 7.83. The Kier molecular flexibility index (Phi) is 5.44. The minimum Gasteiger partial charge on any atom is -0.461 e. The molecule has 27 heavy (non-hydrogen) atoms. The van der Waals surface area contributed by atoms with Crippen molar-refractivity contribution in [3.63, 3.8) is 0 Å². The number of furan rings is 1. The second-order valence-corrected chi connectivity index (χ2v) is 7.83. The van der Waals surface area contributed by atoms with Crippen molar-refractivity contribution in [2.24, 2.45) is 5.92 Å². The van der Waals surface area contributed by atoms with Gasteiger partial charge in [-0.05, 0) is 42.5 Å². The van der Waals surface area contributed by atoms with Gasteiger partial charge < -0.3 is 9.32 Å². The van der Waals surface area contributed by atoms with E-state index in [0.29, 0.717) is 5.92 Å². The summed E-state index contributed by atoms with van der Waals surface area (Å²) in [5, 5.41) is 0. The zero-order chi connectivity index (χ0) is 18.6. The van der Waals surface area contributed by atoms with Gasteiger partial charge >= 0.3 is 0 Å². The molecule has 1 saturated carbocycles. The highest BCUT2D eigenvalue weighted by molar-refractivity contribution is 5.91. The van der Waals surface area contributed by atoms with E-state index in [2.05, 4.69) is 36.1 Å². The lowest BCUT2D eigenvalue weighted by Gasteiger charge is -2.21. The molecule has 1 aliphatic carbocycles. The zero-order valence-electron chi connectivity index (χ0n) is 16.0. The number of carbonyl (C=O) groups is 1. The number of nitrogens with zero attached hydrogens (tertiary/aromatic N) is 2. The highest BCUT2D eigenvalue weighted by Gasteiger charge is 2.36. The summed E-state index contributed by atoms with van der Waals surface area (Å²) in [6.45, 7) is 6.74. The predicted molar refractivity (Wildman–Crippen MR) is 107 cm³/mol. The molecule has 2 atom stereocenters. The van der Waals surface area contributed by atoms with Gasteiger partial charge in [-0.15, -0.1) is 0 Å². The van der Waals surface area contributed by atoms with Crippen LogP contribution in [0.25, 0.3) is 6.08 Å². The Morgan fingerprint density at radius 2 is 1.93 bits per heavy atom. The molecule has 1 aliphatic heterocycles. The van der Waals surface area contributed by atoms with E-state index in [1.807, 2.05) is 29.2 Å². The van der Waals surface area contributed by atoms with E-state index in [-0.39, 0.29) is 5.91 Å². The van der Waals surface area contributed by atoms with Gasteiger partial charge in [0, 0.05) is 44.7 Å². The van der Waals surface area contributed by atoms with E-state index in [1.165, 1.54) is 12.0 Å². The van der Waals surface area contributed by atoms with Crippen molar-refractivity contribution in [2.75, 3.05) is 26.2 Å². The second kappa shape index (κ2) is 8.13. The Bertz CT molecular complexity index is 796. The van der Waals surface area contributed by atoms with E-state index in [0.717, 1.165) is 56.6 Å². The number of benzene rings is 1. The summed E-state index contributed by atoms with van der Waals surface area (Å²) in [4.78, 5) is 17.0. The Labute approximate surface area is 161 Å². The van der Waals surface area contributed by atoms with Gasteiger partial charge in [-0.3, -0.25) is 9.69 Å². The molecule has 1 aromatic carbocycles. The minimum atomic E-state index is 0.0781. The third kappa shape index (κ3) is 4.69. The summed E-state index contributed by atoms with van der Waals surface area (Å²) in [5.74, 6) is 3.21.